The van der Waals surface area contributed by atoms with Crippen molar-refractivity contribution in [2.24, 2.45) is 0 Å². The van der Waals surface area contributed by atoms with Crippen LogP contribution in [-0.2, 0) is 16.1 Å². The third-order valence-corrected chi connectivity index (χ3v) is 4.58. The molecule has 2 aromatic rings. The van der Waals surface area contributed by atoms with Crippen LogP contribution in [0.1, 0.15) is 31.4 Å². The molecule has 0 saturated carbocycles. The first-order chi connectivity index (χ1) is 13.4. The number of nitrogens with zero attached hydrogens (tertiary/aromatic N) is 1. The summed E-state index contributed by atoms with van der Waals surface area (Å²) in [6, 6.07) is 14.2. The van der Waals surface area contributed by atoms with Gasteiger partial charge in [-0.25, -0.2) is 0 Å². The number of halogens is 1. The Labute approximate surface area is 171 Å². The lowest BCUT2D eigenvalue weighted by molar-refractivity contribution is -0.142. The lowest BCUT2D eigenvalue weighted by atomic mass is 10.1. The second-order valence-electron chi connectivity index (χ2n) is 6.72. The third-order valence-electron chi connectivity index (χ3n) is 4.35. The molecule has 2 aromatic carbocycles. The van der Waals surface area contributed by atoms with Crippen molar-refractivity contribution in [1.82, 2.24) is 10.2 Å². The van der Waals surface area contributed by atoms with Crippen LogP contribution < -0.4 is 10.1 Å². The molecule has 0 aromatic heterocycles. The van der Waals surface area contributed by atoms with Gasteiger partial charge in [0.25, 0.3) is 5.91 Å². The van der Waals surface area contributed by atoms with Gasteiger partial charge in [0, 0.05) is 18.1 Å². The predicted octanol–water partition coefficient (Wildman–Crippen LogP) is 3.97. The molecule has 2 amide bonds. The van der Waals surface area contributed by atoms with Gasteiger partial charge in [-0.3, -0.25) is 9.59 Å². The maximum atomic E-state index is 12.9. The van der Waals surface area contributed by atoms with Crippen LogP contribution in [-0.4, -0.2) is 35.9 Å². The Bertz CT molecular complexity index is 793. The fourth-order valence-electron chi connectivity index (χ4n) is 2.65. The van der Waals surface area contributed by atoms with Crippen LogP contribution in [0.3, 0.4) is 0 Å². The summed E-state index contributed by atoms with van der Waals surface area (Å²) in [5.41, 5.74) is 2.09. The number of nitrogens with one attached hydrogen (secondary N) is 1. The molecule has 0 heterocycles. The Morgan fingerprint density at radius 3 is 2.54 bits per heavy atom. The zero-order valence-electron chi connectivity index (χ0n) is 16.6. The summed E-state index contributed by atoms with van der Waals surface area (Å²) in [6.45, 7) is 6.47. The van der Waals surface area contributed by atoms with E-state index in [1.54, 1.807) is 36.1 Å². The summed E-state index contributed by atoms with van der Waals surface area (Å²) in [5.74, 6) is 0.0731. The van der Waals surface area contributed by atoms with E-state index in [1.807, 2.05) is 38.1 Å². The molecule has 2 rings (SSSR count). The summed E-state index contributed by atoms with van der Waals surface area (Å²) >= 11 is 5.96. The number of carbonyl (C=O) groups excluding carboxylic acids is 2. The highest BCUT2D eigenvalue weighted by Crippen LogP contribution is 2.18. The molecule has 0 aliphatic carbocycles. The van der Waals surface area contributed by atoms with Crippen molar-refractivity contribution in [2.45, 2.75) is 39.8 Å². The zero-order valence-corrected chi connectivity index (χ0v) is 17.3. The van der Waals surface area contributed by atoms with Gasteiger partial charge in [0.05, 0.1) is 0 Å². The summed E-state index contributed by atoms with van der Waals surface area (Å²) in [7, 11) is 0. The maximum absolute atomic E-state index is 12.9. The molecule has 0 radical (unpaired) electrons. The van der Waals surface area contributed by atoms with E-state index >= 15 is 0 Å². The monoisotopic (exact) mass is 402 g/mol. The number of hydrogen-bond donors (Lipinski definition) is 1. The molecule has 1 unspecified atom stereocenters. The number of rotatable bonds is 9. The topological polar surface area (TPSA) is 58.6 Å². The van der Waals surface area contributed by atoms with Crippen LogP contribution in [0.2, 0.25) is 5.02 Å². The van der Waals surface area contributed by atoms with Gasteiger partial charge >= 0.3 is 0 Å². The van der Waals surface area contributed by atoms with Crippen molar-refractivity contribution in [3.8, 4) is 5.75 Å². The van der Waals surface area contributed by atoms with Crippen molar-refractivity contribution in [1.29, 1.82) is 0 Å². The molecule has 0 aliphatic rings. The van der Waals surface area contributed by atoms with Gasteiger partial charge in [0.15, 0.2) is 6.61 Å². The minimum Gasteiger partial charge on any atom is -0.484 e. The highest BCUT2D eigenvalue weighted by atomic mass is 35.5. The van der Waals surface area contributed by atoms with Crippen LogP contribution in [0.15, 0.2) is 48.5 Å². The quantitative estimate of drug-likeness (QED) is 0.690. The molecule has 1 N–H and O–H groups in total. The van der Waals surface area contributed by atoms with E-state index in [-0.39, 0.29) is 18.4 Å². The first kappa shape index (κ1) is 21.8. The SMILES string of the molecule is CCCNC(=O)C(C)N(Cc1ccc(C)cc1)C(=O)COc1cccc(Cl)c1. The van der Waals surface area contributed by atoms with Crippen molar-refractivity contribution in [3.05, 3.63) is 64.7 Å². The fourth-order valence-corrected chi connectivity index (χ4v) is 2.83. The van der Waals surface area contributed by atoms with E-state index < -0.39 is 6.04 Å². The summed E-state index contributed by atoms with van der Waals surface area (Å²) in [5, 5.41) is 3.39. The molecule has 0 aliphatic heterocycles. The third kappa shape index (κ3) is 6.57. The molecular formula is C22H27ClN2O3. The fraction of sp³-hybridized carbons (Fsp3) is 0.364. The second-order valence-corrected chi connectivity index (χ2v) is 7.16. The molecule has 0 spiro atoms. The molecule has 0 bridgehead atoms. The first-order valence-electron chi connectivity index (χ1n) is 9.41. The highest BCUT2D eigenvalue weighted by Gasteiger charge is 2.26. The lowest BCUT2D eigenvalue weighted by Crippen LogP contribution is -2.49. The number of aryl methyl sites for hydroxylation is 1. The van der Waals surface area contributed by atoms with Crippen LogP contribution in [0, 0.1) is 6.92 Å². The van der Waals surface area contributed by atoms with E-state index in [1.165, 1.54) is 0 Å². The van der Waals surface area contributed by atoms with Gasteiger partial charge in [-0.05, 0) is 44.0 Å². The molecule has 5 nitrogen and oxygen atoms in total. The van der Waals surface area contributed by atoms with E-state index in [2.05, 4.69) is 5.32 Å². The van der Waals surface area contributed by atoms with Crippen molar-refractivity contribution < 1.29 is 14.3 Å². The van der Waals surface area contributed by atoms with E-state index in [9.17, 15) is 9.59 Å². The van der Waals surface area contributed by atoms with Crippen molar-refractivity contribution >= 4 is 23.4 Å². The minimum absolute atomic E-state index is 0.169. The van der Waals surface area contributed by atoms with Gasteiger partial charge in [0.2, 0.25) is 5.91 Å². The Balaban J connectivity index is 2.11. The molecule has 28 heavy (non-hydrogen) atoms. The number of carbonyl (C=O) groups is 2. The van der Waals surface area contributed by atoms with Crippen LogP contribution in [0.5, 0.6) is 5.75 Å². The number of amides is 2. The lowest BCUT2D eigenvalue weighted by Gasteiger charge is -2.28. The Hall–Kier alpha value is -2.53. The van der Waals surface area contributed by atoms with Gasteiger partial charge < -0.3 is 15.0 Å². The van der Waals surface area contributed by atoms with Gasteiger partial charge in [-0.15, -0.1) is 0 Å². The van der Waals surface area contributed by atoms with E-state index in [0.29, 0.717) is 23.9 Å². The normalized spacial score (nSPS) is 11.6. The average Bonchev–Trinajstić information content (AvgIpc) is 2.69. The first-order valence-corrected chi connectivity index (χ1v) is 9.79. The molecule has 0 saturated heterocycles. The Morgan fingerprint density at radius 1 is 1.18 bits per heavy atom. The van der Waals surface area contributed by atoms with Crippen LogP contribution >= 0.6 is 11.6 Å². The van der Waals surface area contributed by atoms with Gasteiger partial charge in [0.1, 0.15) is 11.8 Å². The highest BCUT2D eigenvalue weighted by molar-refractivity contribution is 6.30. The van der Waals surface area contributed by atoms with Crippen LogP contribution in [0.25, 0.3) is 0 Å². The van der Waals surface area contributed by atoms with Crippen LogP contribution in [0.4, 0.5) is 0 Å². The second kappa shape index (κ2) is 10.7. The van der Waals surface area contributed by atoms with Crippen molar-refractivity contribution in [3.63, 3.8) is 0 Å². The average molecular weight is 403 g/mol. The largest absolute Gasteiger partial charge is 0.484 e. The molecule has 1 atom stereocenters. The summed E-state index contributed by atoms with van der Waals surface area (Å²) in [6.07, 6.45) is 0.836. The summed E-state index contributed by atoms with van der Waals surface area (Å²) in [4.78, 5) is 26.9. The summed E-state index contributed by atoms with van der Waals surface area (Å²) < 4.78 is 5.59. The van der Waals surface area contributed by atoms with Crippen molar-refractivity contribution in [2.75, 3.05) is 13.2 Å². The number of benzene rings is 2. The molecule has 0 fully saturated rings. The molecule has 6 heteroatoms. The molecular weight excluding hydrogens is 376 g/mol. The van der Waals surface area contributed by atoms with Gasteiger partial charge in [-0.2, -0.15) is 0 Å². The number of hydrogen-bond acceptors (Lipinski definition) is 3. The minimum atomic E-state index is -0.608. The Morgan fingerprint density at radius 2 is 1.89 bits per heavy atom. The zero-order chi connectivity index (χ0) is 20.5. The maximum Gasteiger partial charge on any atom is 0.261 e. The van der Waals surface area contributed by atoms with E-state index in [4.69, 9.17) is 16.3 Å². The van der Waals surface area contributed by atoms with Gasteiger partial charge in [-0.1, -0.05) is 54.4 Å². The number of ether oxygens (including phenoxy) is 1. The van der Waals surface area contributed by atoms with E-state index in [0.717, 1.165) is 17.5 Å². The Kier molecular flexibility index (Phi) is 8.33. The molecule has 150 valence electrons. The standard InChI is InChI=1S/C22H27ClN2O3/c1-4-12-24-22(27)17(3)25(14-18-10-8-16(2)9-11-18)21(26)15-28-20-7-5-6-19(23)13-20/h5-11,13,17H,4,12,14-15H2,1-3H3,(H,24,27). The predicted molar refractivity (Wildman–Crippen MR) is 111 cm³/mol. The smallest absolute Gasteiger partial charge is 0.261 e.